The number of piperidine rings is 1. The highest BCUT2D eigenvalue weighted by atomic mass is 16.4. The zero-order valence-corrected chi connectivity index (χ0v) is 20.8. The molecule has 10 nitrogen and oxygen atoms in total. The Hall–Kier alpha value is -3.69. The highest BCUT2D eigenvalue weighted by Gasteiger charge is 2.25. The summed E-state index contributed by atoms with van der Waals surface area (Å²) in [5.74, 6) is -0.311. The molecule has 1 saturated heterocycles. The monoisotopic (exact) mass is 494 g/mol. The number of carbonyl (C=O) groups excluding carboxylic acids is 1. The summed E-state index contributed by atoms with van der Waals surface area (Å²) >= 11 is 0. The number of aromatic nitrogens is 2. The Kier molecular flexibility index (Phi) is 8.02. The number of hydrogen-bond acceptors (Lipinski definition) is 7. The molecule has 10 heteroatoms. The molecule has 36 heavy (non-hydrogen) atoms. The Labute approximate surface area is 211 Å². The highest BCUT2D eigenvalue weighted by Crippen LogP contribution is 2.30. The molecule has 0 bridgehead atoms. The summed E-state index contributed by atoms with van der Waals surface area (Å²) < 4.78 is 0. The van der Waals surface area contributed by atoms with Crippen LogP contribution in [0.2, 0.25) is 0 Å². The van der Waals surface area contributed by atoms with E-state index in [1.165, 1.54) is 25.5 Å². The fourth-order valence-electron chi connectivity index (χ4n) is 5.24. The molecule has 192 valence electrons. The second-order valence-corrected chi connectivity index (χ2v) is 9.77. The van der Waals surface area contributed by atoms with Gasteiger partial charge in [0.2, 0.25) is 5.95 Å². The number of carboxylic acid groups (broad SMARTS) is 1. The maximum absolute atomic E-state index is 12.3. The summed E-state index contributed by atoms with van der Waals surface area (Å²) in [5.41, 5.74) is 7.97. The van der Waals surface area contributed by atoms with Crippen molar-refractivity contribution >= 4 is 41.2 Å². The van der Waals surface area contributed by atoms with Gasteiger partial charge in [0.05, 0.1) is 0 Å². The highest BCUT2D eigenvalue weighted by molar-refractivity contribution is 6.04. The van der Waals surface area contributed by atoms with E-state index in [2.05, 4.69) is 25.1 Å². The standard InChI is InChI=1S/C26H35N7O3/c1-32(19-5-3-2-4-6-19)26-30-21(16-27)23(24(28)36)25(31-26)29-18-7-9-20(10-8-18)33-13-11-17(12-14-33)15-22(34)35/h7-10,16-17,19,27H,2-6,11-15H2,1H3,(H2,28,36)(H,34,35)(H,29,30,31)/p+1. The Morgan fingerprint density at radius 2 is 1.81 bits per heavy atom. The first-order valence-electron chi connectivity index (χ1n) is 12.7. The predicted octanol–water partition coefficient (Wildman–Crippen LogP) is 1.96. The first kappa shape index (κ1) is 25.4. The molecule has 1 amide bonds. The molecule has 1 aromatic carbocycles. The molecule has 2 aromatic rings. The molecule has 0 unspecified atom stereocenters. The van der Waals surface area contributed by atoms with Crippen molar-refractivity contribution in [2.75, 3.05) is 35.3 Å². The first-order valence-corrected chi connectivity index (χ1v) is 12.7. The number of nitrogens with one attached hydrogen (secondary N) is 1. The number of primary amides is 1. The van der Waals surface area contributed by atoms with Gasteiger partial charge in [0, 0.05) is 44.0 Å². The van der Waals surface area contributed by atoms with Crippen LogP contribution >= 0.6 is 0 Å². The average Bonchev–Trinajstić information content (AvgIpc) is 2.88. The lowest BCUT2D eigenvalue weighted by molar-refractivity contribution is -0.138. The maximum atomic E-state index is 12.3. The number of nitrogens with zero attached hydrogens (tertiary/aromatic N) is 4. The van der Waals surface area contributed by atoms with E-state index in [-0.39, 0.29) is 17.9 Å². The van der Waals surface area contributed by atoms with Gasteiger partial charge in [0.1, 0.15) is 17.1 Å². The van der Waals surface area contributed by atoms with Crippen molar-refractivity contribution in [1.82, 2.24) is 9.97 Å². The number of anilines is 4. The van der Waals surface area contributed by atoms with Crippen LogP contribution in [-0.4, -0.2) is 59.3 Å². The molecule has 4 rings (SSSR count). The lowest BCUT2D eigenvalue weighted by Gasteiger charge is -2.33. The van der Waals surface area contributed by atoms with Crippen LogP contribution in [0.15, 0.2) is 24.3 Å². The third-order valence-corrected chi connectivity index (χ3v) is 7.34. The zero-order valence-electron chi connectivity index (χ0n) is 20.8. The lowest BCUT2D eigenvalue weighted by atomic mass is 9.93. The van der Waals surface area contributed by atoms with Crippen LogP contribution in [0, 0.1) is 5.92 Å². The number of carbonyl (C=O) groups is 2. The second kappa shape index (κ2) is 11.4. The van der Waals surface area contributed by atoms with Crippen molar-refractivity contribution in [1.29, 1.82) is 0 Å². The van der Waals surface area contributed by atoms with Crippen LogP contribution in [0.1, 0.15) is 67.4 Å². The van der Waals surface area contributed by atoms with E-state index in [4.69, 9.17) is 16.2 Å². The minimum absolute atomic E-state index is 0.155. The Morgan fingerprint density at radius 1 is 1.14 bits per heavy atom. The van der Waals surface area contributed by atoms with Gasteiger partial charge < -0.3 is 26.0 Å². The fraction of sp³-hybridized carbons (Fsp3) is 0.500. The summed E-state index contributed by atoms with van der Waals surface area (Å²) in [7, 11) is 1.98. The SMILES string of the molecule is CN(c1nc(C=[NH2+])c(C(N)=O)c(Nc2ccc(N3CCC(CC(=O)O)CC3)cc2)n1)C1CCCCC1. The number of nitrogens with two attached hydrogens (primary N) is 2. The summed E-state index contributed by atoms with van der Waals surface area (Å²) in [6.07, 6.45) is 9.03. The third kappa shape index (κ3) is 5.92. The molecular formula is C26H36N7O3+. The lowest BCUT2D eigenvalue weighted by Crippen LogP contribution is -2.37. The molecule has 0 atom stereocenters. The van der Waals surface area contributed by atoms with E-state index >= 15 is 0 Å². The normalized spacial score (nSPS) is 17.0. The molecule has 1 aromatic heterocycles. The summed E-state index contributed by atoms with van der Waals surface area (Å²) in [6, 6.07) is 8.23. The summed E-state index contributed by atoms with van der Waals surface area (Å²) in [5, 5.41) is 18.1. The predicted molar refractivity (Wildman–Crippen MR) is 140 cm³/mol. The number of carboxylic acids is 1. The number of rotatable bonds is 9. The molecule has 6 N–H and O–H groups in total. The molecule has 2 fully saturated rings. The number of amides is 1. The largest absolute Gasteiger partial charge is 0.481 e. The topological polar surface area (TPSA) is 150 Å². The van der Waals surface area contributed by atoms with Crippen molar-refractivity contribution in [3.05, 3.63) is 35.5 Å². The summed E-state index contributed by atoms with van der Waals surface area (Å²) in [6.45, 7) is 1.66. The van der Waals surface area contributed by atoms with E-state index < -0.39 is 11.9 Å². The molecule has 0 radical (unpaired) electrons. The van der Waals surface area contributed by atoms with Crippen molar-refractivity contribution in [3.63, 3.8) is 0 Å². The van der Waals surface area contributed by atoms with Crippen LogP contribution < -0.4 is 26.3 Å². The first-order chi connectivity index (χ1) is 17.4. The molecule has 2 aliphatic rings. The summed E-state index contributed by atoms with van der Waals surface area (Å²) in [4.78, 5) is 36.8. The Balaban J connectivity index is 1.52. The van der Waals surface area contributed by atoms with Gasteiger partial charge in [-0.15, -0.1) is 0 Å². The molecule has 2 heterocycles. The van der Waals surface area contributed by atoms with E-state index in [9.17, 15) is 9.59 Å². The smallest absolute Gasteiger partial charge is 0.303 e. The fourth-order valence-corrected chi connectivity index (χ4v) is 5.24. The second-order valence-electron chi connectivity index (χ2n) is 9.77. The van der Waals surface area contributed by atoms with E-state index in [0.29, 0.717) is 23.5 Å². The van der Waals surface area contributed by atoms with Gasteiger partial charge in [-0.3, -0.25) is 15.0 Å². The van der Waals surface area contributed by atoms with Crippen LogP contribution in [0.5, 0.6) is 0 Å². The van der Waals surface area contributed by atoms with Crippen LogP contribution in [0.25, 0.3) is 0 Å². The Bertz CT molecular complexity index is 1090. The van der Waals surface area contributed by atoms with Gasteiger partial charge in [-0.2, -0.15) is 4.98 Å². The van der Waals surface area contributed by atoms with Gasteiger partial charge in [-0.25, -0.2) is 4.98 Å². The molecular weight excluding hydrogens is 458 g/mol. The van der Waals surface area contributed by atoms with Gasteiger partial charge >= 0.3 is 5.97 Å². The van der Waals surface area contributed by atoms with E-state index in [1.54, 1.807) is 0 Å². The van der Waals surface area contributed by atoms with Gasteiger partial charge in [0.25, 0.3) is 5.91 Å². The van der Waals surface area contributed by atoms with Crippen LogP contribution in [-0.2, 0) is 4.79 Å². The van der Waals surface area contributed by atoms with Crippen molar-refractivity contribution in [2.45, 2.75) is 57.4 Å². The van der Waals surface area contributed by atoms with E-state index in [1.807, 2.05) is 31.3 Å². The van der Waals surface area contributed by atoms with Gasteiger partial charge in [-0.1, -0.05) is 19.3 Å². The van der Waals surface area contributed by atoms with Crippen LogP contribution in [0.4, 0.5) is 23.1 Å². The number of hydrogen-bond donors (Lipinski definition) is 4. The molecule has 1 aliphatic carbocycles. The third-order valence-electron chi connectivity index (χ3n) is 7.34. The van der Waals surface area contributed by atoms with Crippen molar-refractivity contribution in [3.8, 4) is 0 Å². The zero-order chi connectivity index (χ0) is 25.7. The van der Waals surface area contributed by atoms with Crippen molar-refractivity contribution in [2.24, 2.45) is 11.7 Å². The minimum atomic E-state index is -0.729. The minimum Gasteiger partial charge on any atom is -0.481 e. The Morgan fingerprint density at radius 3 is 2.39 bits per heavy atom. The van der Waals surface area contributed by atoms with Gasteiger partial charge in [-0.05, 0) is 55.9 Å². The van der Waals surface area contributed by atoms with Crippen molar-refractivity contribution < 1.29 is 20.1 Å². The van der Waals surface area contributed by atoms with E-state index in [0.717, 1.165) is 50.1 Å². The average molecular weight is 495 g/mol. The van der Waals surface area contributed by atoms with Crippen LogP contribution in [0.3, 0.4) is 0 Å². The quantitative estimate of drug-likeness (QED) is 0.386. The number of aliphatic carboxylic acids is 1. The molecule has 1 aliphatic heterocycles. The molecule has 1 saturated carbocycles. The van der Waals surface area contributed by atoms with Gasteiger partial charge in [0.15, 0.2) is 6.21 Å². The number of benzene rings is 1. The molecule has 0 spiro atoms. The maximum Gasteiger partial charge on any atom is 0.303 e.